The molecule has 3 rings (SSSR count). The highest BCUT2D eigenvalue weighted by molar-refractivity contribution is 6.13. The van der Waals surface area contributed by atoms with Gasteiger partial charge in [-0.05, 0) is 18.2 Å². The van der Waals surface area contributed by atoms with Crippen molar-refractivity contribution in [1.29, 1.82) is 0 Å². The number of fused-ring (bicyclic) bond motifs is 1. The molecule has 1 aromatic heterocycles. The first-order valence-corrected chi connectivity index (χ1v) is 7.82. The van der Waals surface area contributed by atoms with Crippen LogP contribution >= 0.6 is 0 Å². The fourth-order valence-electron chi connectivity index (χ4n) is 2.72. The van der Waals surface area contributed by atoms with E-state index in [1.165, 1.54) is 25.3 Å². The Bertz CT molecular complexity index is 1110. The maximum absolute atomic E-state index is 11.7. The van der Waals surface area contributed by atoms with Crippen LogP contribution in [0.25, 0.3) is 10.9 Å². The molecule has 0 aliphatic heterocycles. The van der Waals surface area contributed by atoms with E-state index in [1.807, 2.05) is 0 Å². The van der Waals surface area contributed by atoms with Gasteiger partial charge in [-0.15, -0.1) is 0 Å². The van der Waals surface area contributed by atoms with Crippen molar-refractivity contribution in [3.05, 3.63) is 52.1 Å². The average Bonchev–Trinajstić information content (AvgIpc) is 2.97. The van der Waals surface area contributed by atoms with Gasteiger partial charge in [-0.1, -0.05) is 0 Å². The van der Waals surface area contributed by atoms with Crippen LogP contribution in [0.1, 0.15) is 10.4 Å². The third kappa shape index (κ3) is 3.49. The molecule has 3 aromatic rings. The number of nitro benzene ring substituents is 1. The number of hydrogen-bond acceptors (Lipinski definition) is 6. The largest absolute Gasteiger partial charge is 0.490 e. The van der Waals surface area contributed by atoms with Gasteiger partial charge in [0.2, 0.25) is 5.75 Å². The molecule has 6 N–H and O–H groups in total. The fraction of sp³-hybridized carbons (Fsp3) is 0.0588. The predicted molar refractivity (Wildman–Crippen MR) is 99.7 cm³/mol. The predicted octanol–water partition coefficient (Wildman–Crippen LogP) is 2.47. The lowest BCUT2D eigenvalue weighted by Gasteiger charge is -2.08. The third-order valence-electron chi connectivity index (χ3n) is 3.85. The summed E-state index contributed by atoms with van der Waals surface area (Å²) < 4.78 is 10.7. The molecule has 0 spiro atoms. The third-order valence-corrected chi connectivity index (χ3v) is 3.85. The molecule has 1 heterocycles. The lowest BCUT2D eigenvalue weighted by molar-refractivity contribution is -0.385. The van der Waals surface area contributed by atoms with Crippen LogP contribution in [0.2, 0.25) is 0 Å². The van der Waals surface area contributed by atoms with E-state index in [0.717, 1.165) is 0 Å². The van der Waals surface area contributed by atoms with Crippen LogP contribution in [0.4, 0.5) is 16.3 Å². The molecule has 144 valence electrons. The van der Waals surface area contributed by atoms with Crippen LogP contribution in [0.3, 0.4) is 0 Å². The minimum Gasteiger partial charge on any atom is -0.490 e. The Morgan fingerprint density at radius 1 is 1.14 bits per heavy atom. The first-order chi connectivity index (χ1) is 13.3. The molecule has 0 aliphatic carbocycles. The number of H-pyrrole nitrogens is 1. The van der Waals surface area contributed by atoms with Gasteiger partial charge < -0.3 is 25.9 Å². The number of carbonyl (C=O) groups is 2. The number of primary amides is 2. The highest BCUT2D eigenvalue weighted by Gasteiger charge is 2.19. The minimum atomic E-state index is -0.858. The van der Waals surface area contributed by atoms with Gasteiger partial charge in [0.25, 0.3) is 5.91 Å². The molecule has 0 bridgehead atoms. The van der Waals surface area contributed by atoms with E-state index < -0.39 is 16.9 Å². The average molecular weight is 385 g/mol. The number of hydrogen-bond donors (Lipinski definition) is 4. The number of nitrogens with two attached hydrogens (primary N) is 2. The van der Waals surface area contributed by atoms with Gasteiger partial charge in [0.05, 0.1) is 23.1 Å². The number of aromatic nitrogens is 1. The maximum atomic E-state index is 11.7. The molecule has 0 atom stereocenters. The second kappa shape index (κ2) is 7.15. The van der Waals surface area contributed by atoms with Crippen LogP contribution in [0.5, 0.6) is 17.2 Å². The highest BCUT2D eigenvalue weighted by atomic mass is 16.6. The van der Waals surface area contributed by atoms with Gasteiger partial charge in [-0.2, -0.15) is 0 Å². The number of rotatable bonds is 6. The SMILES string of the molecule is COc1cc(Oc2ccc3c(C(N)=O)c(NC(N)=O)[nH]c3c2)ccc1[N+](=O)[O-]. The lowest BCUT2D eigenvalue weighted by Crippen LogP contribution is -2.22. The monoisotopic (exact) mass is 385 g/mol. The van der Waals surface area contributed by atoms with Gasteiger partial charge in [0.15, 0.2) is 0 Å². The zero-order chi connectivity index (χ0) is 20.4. The molecule has 0 saturated carbocycles. The number of anilines is 1. The fourth-order valence-corrected chi connectivity index (χ4v) is 2.72. The number of carbonyl (C=O) groups excluding carboxylic acids is 2. The number of ether oxygens (including phenoxy) is 2. The number of aromatic amines is 1. The second-order valence-corrected chi connectivity index (χ2v) is 5.63. The summed E-state index contributed by atoms with van der Waals surface area (Å²) in [7, 11) is 1.32. The molecule has 2 aromatic carbocycles. The van der Waals surface area contributed by atoms with Gasteiger partial charge >= 0.3 is 11.7 Å². The van der Waals surface area contributed by atoms with Crippen molar-refractivity contribution >= 4 is 34.3 Å². The highest BCUT2D eigenvalue weighted by Crippen LogP contribution is 2.35. The van der Waals surface area contributed by atoms with Crippen molar-refractivity contribution in [3.8, 4) is 17.2 Å². The second-order valence-electron chi connectivity index (χ2n) is 5.63. The van der Waals surface area contributed by atoms with E-state index in [0.29, 0.717) is 22.4 Å². The number of benzene rings is 2. The summed E-state index contributed by atoms with van der Waals surface area (Å²) in [6.45, 7) is 0. The van der Waals surface area contributed by atoms with Crippen molar-refractivity contribution in [2.45, 2.75) is 0 Å². The molecule has 11 nitrogen and oxygen atoms in total. The molecule has 11 heteroatoms. The molecule has 0 unspecified atom stereocenters. The Balaban J connectivity index is 1.98. The Kier molecular flexibility index (Phi) is 4.73. The van der Waals surface area contributed by atoms with E-state index in [4.69, 9.17) is 20.9 Å². The summed E-state index contributed by atoms with van der Waals surface area (Å²) in [5.41, 5.74) is 10.8. The summed E-state index contributed by atoms with van der Waals surface area (Å²) in [6, 6.07) is 7.94. The first kappa shape index (κ1) is 18.5. The van der Waals surface area contributed by atoms with Crippen LogP contribution < -0.4 is 26.3 Å². The maximum Gasteiger partial charge on any atom is 0.317 e. The first-order valence-electron chi connectivity index (χ1n) is 7.82. The smallest absolute Gasteiger partial charge is 0.317 e. The number of urea groups is 1. The molecular formula is C17H15N5O6. The molecule has 28 heavy (non-hydrogen) atoms. The summed E-state index contributed by atoms with van der Waals surface area (Å²) in [4.78, 5) is 36.1. The van der Waals surface area contributed by atoms with Crippen molar-refractivity contribution in [2.24, 2.45) is 11.5 Å². The zero-order valence-corrected chi connectivity index (χ0v) is 14.5. The van der Waals surface area contributed by atoms with Crippen molar-refractivity contribution < 1.29 is 24.0 Å². The van der Waals surface area contributed by atoms with Crippen molar-refractivity contribution in [1.82, 2.24) is 4.98 Å². The molecule has 0 fully saturated rings. The van der Waals surface area contributed by atoms with E-state index in [2.05, 4.69) is 10.3 Å². The Labute approximate surface area is 157 Å². The number of amides is 3. The molecule has 3 amide bonds. The van der Waals surface area contributed by atoms with Gasteiger partial charge in [0, 0.05) is 23.6 Å². The standard InChI is InChI=1S/C17H15N5O6/c1-27-13-7-9(3-5-12(13)22(25)26)28-8-2-4-10-11(6-8)20-16(21-17(19)24)14(10)15(18)23/h2-7,20H,1H3,(H2,18,23)(H3,19,21,24). The number of methoxy groups -OCH3 is 1. The van der Waals surface area contributed by atoms with E-state index in [1.54, 1.807) is 18.2 Å². The molecule has 0 radical (unpaired) electrons. The Hall–Kier alpha value is -4.28. The summed E-state index contributed by atoms with van der Waals surface area (Å²) in [6.07, 6.45) is 0. The molecular weight excluding hydrogens is 370 g/mol. The quantitative estimate of drug-likeness (QED) is 0.374. The Morgan fingerprint density at radius 2 is 1.82 bits per heavy atom. The van der Waals surface area contributed by atoms with E-state index in [9.17, 15) is 19.7 Å². The van der Waals surface area contributed by atoms with Gasteiger partial charge in [-0.25, -0.2) is 4.79 Å². The zero-order valence-electron chi connectivity index (χ0n) is 14.5. The number of nitro groups is 1. The number of nitrogens with one attached hydrogen (secondary N) is 2. The summed E-state index contributed by atoms with van der Waals surface area (Å²) in [5.74, 6) is 0.0469. The van der Waals surface area contributed by atoms with Gasteiger partial charge in [-0.3, -0.25) is 20.2 Å². The normalized spacial score (nSPS) is 10.5. The van der Waals surface area contributed by atoms with Crippen LogP contribution in [-0.4, -0.2) is 29.0 Å². The molecule has 0 aliphatic rings. The van der Waals surface area contributed by atoms with Crippen molar-refractivity contribution in [3.63, 3.8) is 0 Å². The minimum absolute atomic E-state index is 0.0485. The Morgan fingerprint density at radius 3 is 2.43 bits per heavy atom. The van der Waals surface area contributed by atoms with Crippen LogP contribution in [-0.2, 0) is 0 Å². The van der Waals surface area contributed by atoms with Crippen LogP contribution in [0.15, 0.2) is 36.4 Å². The van der Waals surface area contributed by atoms with E-state index in [-0.39, 0.29) is 22.8 Å². The van der Waals surface area contributed by atoms with Crippen molar-refractivity contribution in [2.75, 3.05) is 12.4 Å². The lowest BCUT2D eigenvalue weighted by atomic mass is 10.1. The van der Waals surface area contributed by atoms with Gasteiger partial charge in [0.1, 0.15) is 17.3 Å². The van der Waals surface area contributed by atoms with Crippen LogP contribution in [0, 0.1) is 10.1 Å². The summed E-state index contributed by atoms with van der Waals surface area (Å²) >= 11 is 0. The van der Waals surface area contributed by atoms with E-state index >= 15 is 0 Å². The number of nitrogens with zero attached hydrogens (tertiary/aromatic N) is 1. The topological polar surface area (TPSA) is 176 Å². The summed E-state index contributed by atoms with van der Waals surface area (Å²) in [5, 5.41) is 13.7. The molecule has 0 saturated heterocycles.